The number of aromatic amines is 1. The normalized spacial score (nSPS) is 12.1. The van der Waals surface area contributed by atoms with Crippen molar-refractivity contribution in [2.45, 2.75) is 13.0 Å². The number of nitrogen functional groups attached to an aromatic ring is 1. The number of nitrogens with one attached hydrogen (secondary N) is 2. The molecule has 0 saturated carbocycles. The number of H-pyrrole nitrogens is 1. The number of anilines is 1. The van der Waals surface area contributed by atoms with E-state index in [9.17, 15) is 4.79 Å². The number of carbonyl (C=O) groups is 1. The van der Waals surface area contributed by atoms with E-state index in [1.54, 1.807) is 24.5 Å². The maximum absolute atomic E-state index is 11.9. The van der Waals surface area contributed by atoms with Gasteiger partial charge < -0.3 is 16.0 Å². The van der Waals surface area contributed by atoms with Gasteiger partial charge in [0.2, 0.25) is 0 Å². The van der Waals surface area contributed by atoms with Crippen LogP contribution in [0.5, 0.6) is 0 Å². The molecular weight excluding hydrogens is 218 g/mol. The molecule has 0 fully saturated rings. The second-order valence-electron chi connectivity index (χ2n) is 3.61. The molecule has 0 aliphatic rings. The summed E-state index contributed by atoms with van der Waals surface area (Å²) in [7, 11) is 0. The minimum atomic E-state index is -0.313. The number of hydrogen-bond acceptors (Lipinski definition) is 4. The molecule has 0 radical (unpaired) electrons. The lowest BCUT2D eigenvalue weighted by atomic mass is 10.2. The van der Waals surface area contributed by atoms with Gasteiger partial charge in [0, 0.05) is 18.6 Å². The minimum absolute atomic E-state index is 0.223. The van der Waals surface area contributed by atoms with Crippen molar-refractivity contribution in [2.75, 3.05) is 5.73 Å². The van der Waals surface area contributed by atoms with Gasteiger partial charge in [-0.1, -0.05) is 0 Å². The smallest absolute Gasteiger partial charge is 0.272 e. The van der Waals surface area contributed by atoms with Gasteiger partial charge in [-0.25, -0.2) is 9.97 Å². The Morgan fingerprint density at radius 2 is 2.29 bits per heavy atom. The Hall–Kier alpha value is -2.37. The third-order valence-electron chi connectivity index (χ3n) is 2.33. The van der Waals surface area contributed by atoms with E-state index in [1.165, 1.54) is 6.20 Å². The Morgan fingerprint density at radius 3 is 2.94 bits per heavy atom. The number of nitrogens with two attached hydrogens (primary N) is 1. The molecule has 1 unspecified atom stereocenters. The maximum atomic E-state index is 11.9. The van der Waals surface area contributed by atoms with Crippen molar-refractivity contribution in [3.05, 3.63) is 42.2 Å². The van der Waals surface area contributed by atoms with Gasteiger partial charge in [0.1, 0.15) is 5.82 Å². The van der Waals surface area contributed by atoms with Crippen molar-refractivity contribution >= 4 is 11.6 Å². The first kappa shape index (κ1) is 11.1. The fourth-order valence-electron chi connectivity index (χ4n) is 1.46. The summed E-state index contributed by atoms with van der Waals surface area (Å²) in [5.41, 5.74) is 6.25. The van der Waals surface area contributed by atoms with E-state index in [0.717, 1.165) is 0 Å². The highest BCUT2D eigenvalue weighted by molar-refractivity contribution is 5.97. The van der Waals surface area contributed by atoms with Gasteiger partial charge in [-0.3, -0.25) is 4.79 Å². The summed E-state index contributed by atoms with van der Waals surface area (Å²) < 4.78 is 0. The van der Waals surface area contributed by atoms with Crippen LogP contribution in [0.1, 0.15) is 29.3 Å². The number of nitrogens with zero attached hydrogens (tertiary/aromatic N) is 2. The molecule has 0 spiro atoms. The van der Waals surface area contributed by atoms with E-state index >= 15 is 0 Å². The zero-order chi connectivity index (χ0) is 12.3. The topological polar surface area (TPSA) is 96.7 Å². The summed E-state index contributed by atoms with van der Waals surface area (Å²) in [6.45, 7) is 1.83. The molecule has 2 aromatic rings. The summed E-state index contributed by atoms with van der Waals surface area (Å²) in [6, 6.07) is 3.10. The van der Waals surface area contributed by atoms with Crippen LogP contribution in [0.15, 0.2) is 30.7 Å². The summed E-state index contributed by atoms with van der Waals surface area (Å²) in [5.74, 6) is 0.375. The number of aromatic nitrogens is 3. The number of pyridine rings is 1. The Kier molecular flexibility index (Phi) is 3.04. The van der Waals surface area contributed by atoms with Crippen molar-refractivity contribution in [2.24, 2.45) is 0 Å². The lowest BCUT2D eigenvalue weighted by molar-refractivity contribution is 0.0934. The molecule has 4 N–H and O–H groups in total. The van der Waals surface area contributed by atoms with E-state index in [4.69, 9.17) is 5.73 Å². The number of rotatable bonds is 3. The van der Waals surface area contributed by atoms with Crippen LogP contribution in [-0.4, -0.2) is 20.9 Å². The van der Waals surface area contributed by atoms with Crippen LogP contribution in [0.25, 0.3) is 0 Å². The molecule has 0 aromatic carbocycles. The molecule has 0 aliphatic carbocycles. The predicted molar refractivity (Wildman–Crippen MR) is 63.1 cm³/mol. The molecule has 17 heavy (non-hydrogen) atoms. The SMILES string of the molecule is CC(NC(=O)c1ncccc1N)c1ncc[nH]1. The van der Waals surface area contributed by atoms with Gasteiger partial charge in [0.05, 0.1) is 11.7 Å². The lowest BCUT2D eigenvalue weighted by Gasteiger charge is -2.11. The van der Waals surface area contributed by atoms with Crippen LogP contribution in [-0.2, 0) is 0 Å². The standard InChI is InChI=1S/C11H13N5O/c1-7(10-14-5-6-15-10)16-11(17)9-8(12)3-2-4-13-9/h2-7H,12H2,1H3,(H,14,15)(H,16,17). The van der Waals surface area contributed by atoms with E-state index in [1.807, 2.05) is 6.92 Å². The van der Waals surface area contributed by atoms with Gasteiger partial charge in [-0.05, 0) is 19.1 Å². The second-order valence-corrected chi connectivity index (χ2v) is 3.61. The molecule has 6 nitrogen and oxygen atoms in total. The van der Waals surface area contributed by atoms with Gasteiger partial charge in [0.15, 0.2) is 5.69 Å². The quantitative estimate of drug-likeness (QED) is 0.730. The Morgan fingerprint density at radius 1 is 1.47 bits per heavy atom. The van der Waals surface area contributed by atoms with Gasteiger partial charge >= 0.3 is 0 Å². The highest BCUT2D eigenvalue weighted by atomic mass is 16.2. The zero-order valence-electron chi connectivity index (χ0n) is 9.34. The Balaban J connectivity index is 2.10. The first-order valence-electron chi connectivity index (χ1n) is 5.19. The van der Waals surface area contributed by atoms with Crippen molar-refractivity contribution in [1.29, 1.82) is 0 Å². The van der Waals surface area contributed by atoms with Crippen LogP contribution >= 0.6 is 0 Å². The van der Waals surface area contributed by atoms with E-state index in [0.29, 0.717) is 11.5 Å². The van der Waals surface area contributed by atoms with Crippen LogP contribution in [0.2, 0.25) is 0 Å². The summed E-state index contributed by atoms with van der Waals surface area (Å²) >= 11 is 0. The third kappa shape index (κ3) is 2.41. The fraction of sp³-hybridized carbons (Fsp3) is 0.182. The molecular formula is C11H13N5O. The van der Waals surface area contributed by atoms with Crippen LogP contribution in [0, 0.1) is 0 Å². The molecule has 6 heteroatoms. The van der Waals surface area contributed by atoms with Crippen molar-refractivity contribution in [3.8, 4) is 0 Å². The highest BCUT2D eigenvalue weighted by Crippen LogP contribution is 2.10. The predicted octanol–water partition coefficient (Wildman–Crippen LogP) is 0.878. The largest absolute Gasteiger partial charge is 0.397 e. The van der Waals surface area contributed by atoms with E-state index < -0.39 is 0 Å². The molecule has 1 amide bonds. The van der Waals surface area contributed by atoms with Crippen molar-refractivity contribution in [1.82, 2.24) is 20.3 Å². The number of imidazole rings is 1. The Labute approximate surface area is 98.3 Å². The number of hydrogen-bond donors (Lipinski definition) is 3. The highest BCUT2D eigenvalue weighted by Gasteiger charge is 2.15. The molecule has 0 saturated heterocycles. The number of amides is 1. The first-order valence-corrected chi connectivity index (χ1v) is 5.19. The third-order valence-corrected chi connectivity index (χ3v) is 2.33. The van der Waals surface area contributed by atoms with Crippen LogP contribution in [0.4, 0.5) is 5.69 Å². The molecule has 2 heterocycles. The van der Waals surface area contributed by atoms with E-state index in [2.05, 4.69) is 20.3 Å². The number of carbonyl (C=O) groups excluding carboxylic acids is 1. The summed E-state index contributed by atoms with van der Waals surface area (Å²) in [5, 5.41) is 2.76. The minimum Gasteiger partial charge on any atom is -0.397 e. The molecule has 1 atom stereocenters. The average molecular weight is 231 g/mol. The Bertz CT molecular complexity index is 508. The van der Waals surface area contributed by atoms with Gasteiger partial charge in [-0.15, -0.1) is 0 Å². The molecule has 0 bridgehead atoms. The fourth-order valence-corrected chi connectivity index (χ4v) is 1.46. The molecule has 88 valence electrons. The molecule has 0 aliphatic heterocycles. The molecule has 2 aromatic heterocycles. The van der Waals surface area contributed by atoms with Gasteiger partial charge in [0.25, 0.3) is 5.91 Å². The van der Waals surface area contributed by atoms with Crippen molar-refractivity contribution < 1.29 is 4.79 Å². The lowest BCUT2D eigenvalue weighted by Crippen LogP contribution is -2.28. The van der Waals surface area contributed by atoms with Gasteiger partial charge in [-0.2, -0.15) is 0 Å². The van der Waals surface area contributed by atoms with Crippen LogP contribution in [0.3, 0.4) is 0 Å². The summed E-state index contributed by atoms with van der Waals surface area (Å²) in [6.07, 6.45) is 4.86. The maximum Gasteiger partial charge on any atom is 0.272 e. The van der Waals surface area contributed by atoms with E-state index in [-0.39, 0.29) is 17.6 Å². The second kappa shape index (κ2) is 4.65. The average Bonchev–Trinajstić information content (AvgIpc) is 2.82. The zero-order valence-corrected chi connectivity index (χ0v) is 9.34. The summed E-state index contributed by atoms with van der Waals surface area (Å²) in [4.78, 5) is 22.8. The molecule has 2 rings (SSSR count). The van der Waals surface area contributed by atoms with Crippen molar-refractivity contribution in [3.63, 3.8) is 0 Å². The monoisotopic (exact) mass is 231 g/mol. The first-order chi connectivity index (χ1) is 8.18. The van der Waals surface area contributed by atoms with Crippen LogP contribution < -0.4 is 11.1 Å².